The fourth-order valence-electron chi connectivity index (χ4n) is 3.33. The van der Waals surface area contributed by atoms with Gasteiger partial charge >= 0.3 is 5.97 Å². The number of aryl methyl sites for hydroxylation is 1. The van der Waals surface area contributed by atoms with Gasteiger partial charge in [0.15, 0.2) is 0 Å². The molecule has 1 heterocycles. The van der Waals surface area contributed by atoms with Crippen molar-refractivity contribution in [3.63, 3.8) is 0 Å². The van der Waals surface area contributed by atoms with E-state index in [1.165, 1.54) is 5.56 Å². The number of carboxylic acid groups (broad SMARTS) is 1. The van der Waals surface area contributed by atoms with Gasteiger partial charge in [0.05, 0.1) is 5.92 Å². The van der Waals surface area contributed by atoms with Crippen molar-refractivity contribution in [3.8, 4) is 0 Å². The van der Waals surface area contributed by atoms with Gasteiger partial charge in [-0.05, 0) is 41.8 Å². The zero-order chi connectivity index (χ0) is 18.0. The van der Waals surface area contributed by atoms with Crippen LogP contribution < -0.4 is 0 Å². The van der Waals surface area contributed by atoms with Crippen molar-refractivity contribution < 1.29 is 14.7 Å². The summed E-state index contributed by atoms with van der Waals surface area (Å²) in [5, 5.41) is 10.2. The smallest absolute Gasteiger partial charge is 0.308 e. The monoisotopic (exact) mass is 357 g/mol. The maximum Gasteiger partial charge on any atom is 0.308 e. The number of rotatable bonds is 4. The van der Waals surface area contributed by atoms with E-state index in [9.17, 15) is 14.7 Å². The van der Waals surface area contributed by atoms with E-state index < -0.39 is 11.9 Å². The zero-order valence-electron chi connectivity index (χ0n) is 14.0. The zero-order valence-corrected chi connectivity index (χ0v) is 14.7. The quantitative estimate of drug-likeness (QED) is 0.904. The van der Waals surface area contributed by atoms with Crippen molar-refractivity contribution in [2.75, 3.05) is 13.1 Å². The average Bonchev–Trinajstić information content (AvgIpc) is 3.07. The third-order valence-corrected chi connectivity index (χ3v) is 5.08. The van der Waals surface area contributed by atoms with E-state index in [1.807, 2.05) is 36.4 Å². The van der Waals surface area contributed by atoms with Crippen molar-refractivity contribution in [2.45, 2.75) is 19.3 Å². The molecule has 1 saturated heterocycles. The van der Waals surface area contributed by atoms with E-state index in [0.29, 0.717) is 17.1 Å². The molecule has 2 atom stereocenters. The van der Waals surface area contributed by atoms with E-state index in [4.69, 9.17) is 11.6 Å². The SMILES string of the molecule is CCc1ccc(C(=O)N2C[C@@H](C(=O)O)[C@H](c3ccc(Cl)cc3)C2)cc1. The summed E-state index contributed by atoms with van der Waals surface area (Å²) in [5.41, 5.74) is 2.66. The lowest BCUT2D eigenvalue weighted by molar-refractivity contribution is -0.141. The van der Waals surface area contributed by atoms with Crippen LogP contribution in [-0.4, -0.2) is 35.0 Å². The van der Waals surface area contributed by atoms with Gasteiger partial charge in [-0.2, -0.15) is 0 Å². The van der Waals surface area contributed by atoms with E-state index in [1.54, 1.807) is 17.0 Å². The summed E-state index contributed by atoms with van der Waals surface area (Å²) in [6, 6.07) is 14.7. The Morgan fingerprint density at radius 1 is 1.08 bits per heavy atom. The molecule has 1 aliphatic heterocycles. The highest BCUT2D eigenvalue weighted by Gasteiger charge is 2.40. The lowest BCUT2D eigenvalue weighted by Crippen LogP contribution is -2.29. The highest BCUT2D eigenvalue weighted by molar-refractivity contribution is 6.30. The first-order chi connectivity index (χ1) is 12.0. The summed E-state index contributed by atoms with van der Waals surface area (Å²) in [7, 11) is 0. The Kier molecular flexibility index (Phi) is 5.09. The minimum absolute atomic E-state index is 0.120. The molecule has 0 radical (unpaired) electrons. The molecule has 5 heteroatoms. The summed E-state index contributed by atoms with van der Waals surface area (Å²) in [6.45, 7) is 2.68. The third kappa shape index (κ3) is 3.69. The lowest BCUT2D eigenvalue weighted by atomic mass is 9.89. The summed E-state index contributed by atoms with van der Waals surface area (Å²) >= 11 is 5.92. The minimum atomic E-state index is -0.878. The second-order valence-electron chi connectivity index (χ2n) is 6.36. The van der Waals surface area contributed by atoms with Crippen LogP contribution in [0.1, 0.15) is 34.3 Å². The number of amides is 1. The first-order valence-corrected chi connectivity index (χ1v) is 8.74. The number of hydrogen-bond acceptors (Lipinski definition) is 2. The maximum absolute atomic E-state index is 12.8. The van der Waals surface area contributed by atoms with Crippen molar-refractivity contribution in [3.05, 3.63) is 70.2 Å². The summed E-state index contributed by atoms with van der Waals surface area (Å²) in [4.78, 5) is 26.1. The summed E-state index contributed by atoms with van der Waals surface area (Å²) < 4.78 is 0. The molecule has 0 saturated carbocycles. The number of carbonyl (C=O) groups excluding carboxylic acids is 1. The molecule has 1 fully saturated rings. The molecule has 1 N–H and O–H groups in total. The van der Waals surface area contributed by atoms with Crippen molar-refractivity contribution in [1.29, 1.82) is 0 Å². The molecule has 1 aliphatic rings. The van der Waals surface area contributed by atoms with Crippen LogP contribution in [0, 0.1) is 5.92 Å². The number of aliphatic carboxylic acids is 1. The van der Waals surface area contributed by atoms with Gasteiger partial charge in [0, 0.05) is 29.6 Å². The van der Waals surface area contributed by atoms with Crippen LogP contribution in [0.2, 0.25) is 5.02 Å². The Bertz CT molecular complexity index is 771. The molecule has 0 spiro atoms. The molecule has 0 bridgehead atoms. The molecule has 3 rings (SSSR count). The van der Waals surface area contributed by atoms with Gasteiger partial charge in [-0.3, -0.25) is 9.59 Å². The van der Waals surface area contributed by atoms with Gasteiger partial charge in [0.2, 0.25) is 0 Å². The molecule has 0 aliphatic carbocycles. The average molecular weight is 358 g/mol. The van der Waals surface area contributed by atoms with Crippen molar-refractivity contribution in [2.24, 2.45) is 5.92 Å². The van der Waals surface area contributed by atoms with Gasteiger partial charge in [0.25, 0.3) is 5.91 Å². The number of hydrogen-bond donors (Lipinski definition) is 1. The normalized spacial score (nSPS) is 19.8. The largest absolute Gasteiger partial charge is 0.481 e. The van der Waals surface area contributed by atoms with Crippen molar-refractivity contribution in [1.82, 2.24) is 4.90 Å². The molecule has 2 aromatic rings. The number of carbonyl (C=O) groups is 2. The standard InChI is InChI=1S/C20H20ClNO3/c1-2-13-3-5-15(6-4-13)19(23)22-11-17(18(12-22)20(24)25)14-7-9-16(21)10-8-14/h3-10,17-18H,2,11-12H2,1H3,(H,24,25)/t17-,18+/m0/s1. The predicted octanol–water partition coefficient (Wildman–Crippen LogP) is 3.84. The molecular weight excluding hydrogens is 338 g/mol. The van der Waals surface area contributed by atoms with Crippen LogP contribution in [0.25, 0.3) is 0 Å². The Labute approximate surface area is 152 Å². The molecular formula is C20H20ClNO3. The third-order valence-electron chi connectivity index (χ3n) is 4.83. The molecule has 130 valence electrons. The lowest BCUT2D eigenvalue weighted by Gasteiger charge is -2.17. The summed E-state index contributed by atoms with van der Waals surface area (Å²) in [5.74, 6) is -1.84. The van der Waals surface area contributed by atoms with Crippen LogP contribution in [-0.2, 0) is 11.2 Å². The van der Waals surface area contributed by atoms with Gasteiger partial charge in [-0.25, -0.2) is 0 Å². The maximum atomic E-state index is 12.8. The number of halogens is 1. The van der Waals surface area contributed by atoms with Gasteiger partial charge in [-0.1, -0.05) is 42.8 Å². The predicted molar refractivity (Wildman–Crippen MR) is 97.0 cm³/mol. The highest BCUT2D eigenvalue weighted by Crippen LogP contribution is 2.34. The Hall–Kier alpha value is -2.33. The van der Waals surface area contributed by atoms with E-state index in [2.05, 4.69) is 6.92 Å². The van der Waals surface area contributed by atoms with E-state index in [-0.39, 0.29) is 18.4 Å². The topological polar surface area (TPSA) is 57.6 Å². The van der Waals surface area contributed by atoms with Gasteiger partial charge in [0.1, 0.15) is 0 Å². The fourth-order valence-corrected chi connectivity index (χ4v) is 3.46. The second kappa shape index (κ2) is 7.28. The minimum Gasteiger partial charge on any atom is -0.481 e. The highest BCUT2D eigenvalue weighted by atomic mass is 35.5. The second-order valence-corrected chi connectivity index (χ2v) is 6.80. The van der Waals surface area contributed by atoms with Crippen LogP contribution in [0.15, 0.2) is 48.5 Å². The van der Waals surface area contributed by atoms with E-state index >= 15 is 0 Å². The van der Waals surface area contributed by atoms with Gasteiger partial charge in [-0.15, -0.1) is 0 Å². The molecule has 4 nitrogen and oxygen atoms in total. The summed E-state index contributed by atoms with van der Waals surface area (Å²) in [6.07, 6.45) is 0.915. The number of carboxylic acids is 1. The van der Waals surface area contributed by atoms with Crippen LogP contribution >= 0.6 is 11.6 Å². The molecule has 1 amide bonds. The molecule has 2 aromatic carbocycles. The van der Waals surface area contributed by atoms with Crippen LogP contribution in [0.4, 0.5) is 0 Å². The Morgan fingerprint density at radius 2 is 1.72 bits per heavy atom. The van der Waals surface area contributed by atoms with Crippen LogP contribution in [0.3, 0.4) is 0 Å². The van der Waals surface area contributed by atoms with Crippen LogP contribution in [0.5, 0.6) is 0 Å². The molecule has 25 heavy (non-hydrogen) atoms. The Balaban J connectivity index is 1.82. The fraction of sp³-hybridized carbons (Fsp3) is 0.300. The first-order valence-electron chi connectivity index (χ1n) is 8.36. The molecule has 0 unspecified atom stereocenters. The number of likely N-dealkylation sites (tertiary alicyclic amines) is 1. The number of benzene rings is 2. The van der Waals surface area contributed by atoms with E-state index in [0.717, 1.165) is 12.0 Å². The first kappa shape index (κ1) is 17.5. The Morgan fingerprint density at radius 3 is 2.28 bits per heavy atom. The molecule has 0 aromatic heterocycles. The number of nitrogens with zero attached hydrogens (tertiary/aromatic N) is 1. The van der Waals surface area contributed by atoms with Crippen molar-refractivity contribution >= 4 is 23.5 Å². The van der Waals surface area contributed by atoms with Gasteiger partial charge < -0.3 is 10.0 Å².